The molecule has 3 heterocycles. The Morgan fingerprint density at radius 1 is 0.864 bits per heavy atom. The molecule has 6 N–H and O–H groups in total. The zero-order valence-corrected chi connectivity index (χ0v) is 11.6. The van der Waals surface area contributed by atoms with Gasteiger partial charge in [0.2, 0.25) is 11.6 Å². The number of ether oxygens (including phenoxy) is 4. The normalized spacial score (nSPS) is 54.8. The third-order valence-corrected chi connectivity index (χ3v) is 4.41. The lowest BCUT2D eigenvalue weighted by molar-refractivity contribution is -0.411. The summed E-state index contributed by atoms with van der Waals surface area (Å²) in [5.41, 5.74) is 0. The van der Waals surface area contributed by atoms with E-state index in [9.17, 15) is 25.5 Å². The Bertz CT molecular complexity index is 421. The van der Waals surface area contributed by atoms with E-state index in [-0.39, 0.29) is 0 Å². The maximum atomic E-state index is 10.1. The maximum absolute atomic E-state index is 10.1. The van der Waals surface area contributed by atoms with Crippen LogP contribution in [0.15, 0.2) is 0 Å². The number of aliphatic hydroxyl groups excluding tert-OH is 6. The lowest BCUT2D eigenvalue weighted by Gasteiger charge is -2.46. The molecule has 0 unspecified atom stereocenters. The second-order valence-electron chi connectivity index (χ2n) is 5.71. The van der Waals surface area contributed by atoms with E-state index in [0.29, 0.717) is 0 Å². The van der Waals surface area contributed by atoms with Crippen LogP contribution in [-0.4, -0.2) is 105 Å². The van der Waals surface area contributed by atoms with Crippen molar-refractivity contribution in [2.45, 2.75) is 48.2 Å². The predicted octanol–water partition coefficient (Wildman–Crippen LogP) is -4.35. The van der Waals surface area contributed by atoms with Crippen LogP contribution in [0.3, 0.4) is 0 Å². The van der Waals surface area contributed by atoms with Crippen LogP contribution in [0, 0.1) is 0 Å². The van der Waals surface area contributed by atoms with E-state index in [1.807, 2.05) is 0 Å². The van der Waals surface area contributed by atoms with Gasteiger partial charge in [-0.1, -0.05) is 0 Å². The SMILES string of the molecule is OC[C@H]1O[C@@]2(CO[C@]3(CO)O[C@H](CO)[C@@H](O)[C@@H]3O2)[C@@H](O)[C@@H]1O. The minimum atomic E-state index is -1.80. The molecule has 10 heteroatoms. The molecule has 3 saturated heterocycles. The monoisotopic (exact) mass is 324 g/mol. The molecule has 128 valence electrons. The number of aliphatic hydroxyl groups is 6. The molecule has 22 heavy (non-hydrogen) atoms. The molecule has 0 bridgehead atoms. The Morgan fingerprint density at radius 2 is 1.50 bits per heavy atom. The van der Waals surface area contributed by atoms with Crippen molar-refractivity contribution in [3.05, 3.63) is 0 Å². The largest absolute Gasteiger partial charge is 0.394 e. The fourth-order valence-electron chi connectivity index (χ4n) is 3.13. The van der Waals surface area contributed by atoms with E-state index >= 15 is 0 Å². The highest BCUT2D eigenvalue weighted by Crippen LogP contribution is 2.45. The van der Waals surface area contributed by atoms with Crippen molar-refractivity contribution in [2.75, 3.05) is 26.4 Å². The van der Waals surface area contributed by atoms with Gasteiger partial charge in [0, 0.05) is 0 Å². The summed E-state index contributed by atoms with van der Waals surface area (Å²) in [6.45, 7) is -2.12. The van der Waals surface area contributed by atoms with Crippen molar-refractivity contribution >= 4 is 0 Å². The molecule has 3 rings (SSSR count). The Kier molecular flexibility index (Phi) is 4.19. The molecule has 0 amide bonds. The molecule has 3 fully saturated rings. The van der Waals surface area contributed by atoms with Gasteiger partial charge >= 0.3 is 0 Å². The molecule has 3 aliphatic rings. The fraction of sp³-hybridized carbons (Fsp3) is 1.00. The average Bonchev–Trinajstić information content (AvgIpc) is 2.95. The van der Waals surface area contributed by atoms with Gasteiger partial charge < -0.3 is 49.6 Å². The van der Waals surface area contributed by atoms with Crippen molar-refractivity contribution in [3.8, 4) is 0 Å². The van der Waals surface area contributed by atoms with Crippen molar-refractivity contribution < 1.29 is 49.6 Å². The quantitative estimate of drug-likeness (QED) is 0.299. The first-order valence-corrected chi connectivity index (χ1v) is 6.97. The zero-order valence-electron chi connectivity index (χ0n) is 11.6. The van der Waals surface area contributed by atoms with Crippen LogP contribution in [0.4, 0.5) is 0 Å². The highest BCUT2D eigenvalue weighted by Gasteiger charge is 2.67. The van der Waals surface area contributed by atoms with Gasteiger partial charge in [0.05, 0.1) is 13.2 Å². The molecule has 8 atom stereocenters. The van der Waals surface area contributed by atoms with Crippen molar-refractivity contribution in [3.63, 3.8) is 0 Å². The van der Waals surface area contributed by atoms with Gasteiger partial charge in [-0.3, -0.25) is 0 Å². The molecule has 0 aromatic rings. The van der Waals surface area contributed by atoms with Crippen LogP contribution in [0.1, 0.15) is 0 Å². The van der Waals surface area contributed by atoms with Crippen LogP contribution in [0.5, 0.6) is 0 Å². The number of rotatable bonds is 3. The summed E-state index contributed by atoms with van der Waals surface area (Å²) < 4.78 is 21.7. The smallest absolute Gasteiger partial charge is 0.222 e. The molecule has 3 aliphatic heterocycles. The number of hydrogen-bond acceptors (Lipinski definition) is 10. The Morgan fingerprint density at radius 3 is 2.05 bits per heavy atom. The molecule has 10 nitrogen and oxygen atoms in total. The van der Waals surface area contributed by atoms with Gasteiger partial charge in [-0.25, -0.2) is 0 Å². The molecule has 0 saturated carbocycles. The van der Waals surface area contributed by atoms with E-state index in [4.69, 9.17) is 24.1 Å². The predicted molar refractivity (Wildman–Crippen MR) is 65.3 cm³/mol. The van der Waals surface area contributed by atoms with Crippen LogP contribution in [0.2, 0.25) is 0 Å². The number of hydrogen-bond donors (Lipinski definition) is 6. The summed E-state index contributed by atoms with van der Waals surface area (Å²) in [4.78, 5) is 0. The lowest BCUT2D eigenvalue weighted by Crippen LogP contribution is -2.65. The summed E-state index contributed by atoms with van der Waals surface area (Å²) in [5, 5.41) is 58.0. The summed E-state index contributed by atoms with van der Waals surface area (Å²) in [6.07, 6.45) is -7.62. The van der Waals surface area contributed by atoms with Crippen LogP contribution >= 0.6 is 0 Å². The molecule has 0 aromatic heterocycles. The van der Waals surface area contributed by atoms with Gasteiger partial charge in [-0.05, 0) is 0 Å². The van der Waals surface area contributed by atoms with E-state index in [1.54, 1.807) is 0 Å². The third kappa shape index (κ3) is 2.12. The van der Waals surface area contributed by atoms with Crippen molar-refractivity contribution in [2.24, 2.45) is 0 Å². The fourth-order valence-corrected chi connectivity index (χ4v) is 3.13. The Labute approximate surface area is 125 Å². The zero-order chi connectivity index (χ0) is 16.1. The number of fused-ring (bicyclic) bond motifs is 1. The summed E-state index contributed by atoms with van der Waals surface area (Å²) in [6, 6.07) is 0. The molecule has 0 aliphatic carbocycles. The molecule has 0 radical (unpaired) electrons. The molecular weight excluding hydrogens is 304 g/mol. The second kappa shape index (κ2) is 5.60. The van der Waals surface area contributed by atoms with Gasteiger partial charge in [-0.15, -0.1) is 0 Å². The van der Waals surface area contributed by atoms with Crippen LogP contribution < -0.4 is 0 Å². The van der Waals surface area contributed by atoms with Gasteiger partial charge in [0.15, 0.2) is 0 Å². The third-order valence-electron chi connectivity index (χ3n) is 4.41. The van der Waals surface area contributed by atoms with E-state index < -0.39 is 74.6 Å². The van der Waals surface area contributed by atoms with E-state index in [1.165, 1.54) is 0 Å². The molecule has 1 spiro atoms. The maximum Gasteiger partial charge on any atom is 0.222 e. The van der Waals surface area contributed by atoms with Gasteiger partial charge in [-0.2, -0.15) is 0 Å². The summed E-state index contributed by atoms with van der Waals surface area (Å²) >= 11 is 0. The van der Waals surface area contributed by atoms with Gasteiger partial charge in [0.25, 0.3) is 0 Å². The Balaban J connectivity index is 1.86. The minimum Gasteiger partial charge on any atom is -0.394 e. The lowest BCUT2D eigenvalue weighted by atomic mass is 9.99. The topological polar surface area (TPSA) is 158 Å². The average molecular weight is 324 g/mol. The van der Waals surface area contributed by atoms with Gasteiger partial charge in [0.1, 0.15) is 49.8 Å². The van der Waals surface area contributed by atoms with Crippen LogP contribution in [0.25, 0.3) is 0 Å². The standard InChI is InChI=1S/C12H20O10/c13-1-5-7(16)9(18)12(21-5)4-19-11(3-15)10(22-12)8(17)6(2-14)20-11/h5-10,13-18H,1-4H2/t5-,6-,7-,8-,9+,10+,11-,12-/m1/s1. The first-order valence-electron chi connectivity index (χ1n) is 6.97. The first-order chi connectivity index (χ1) is 10.4. The van der Waals surface area contributed by atoms with Crippen molar-refractivity contribution in [1.29, 1.82) is 0 Å². The summed E-state index contributed by atoms with van der Waals surface area (Å²) in [7, 11) is 0. The van der Waals surface area contributed by atoms with Crippen LogP contribution in [-0.2, 0) is 18.9 Å². The van der Waals surface area contributed by atoms with E-state index in [0.717, 1.165) is 0 Å². The summed E-state index contributed by atoms with van der Waals surface area (Å²) in [5.74, 6) is -3.49. The highest BCUT2D eigenvalue weighted by molar-refractivity contribution is 5.06. The molecular formula is C12H20O10. The minimum absolute atomic E-state index is 0.399. The highest BCUT2D eigenvalue weighted by atomic mass is 16.8. The second-order valence-corrected chi connectivity index (χ2v) is 5.71. The van der Waals surface area contributed by atoms with Crippen molar-refractivity contribution in [1.82, 2.24) is 0 Å². The van der Waals surface area contributed by atoms with E-state index in [2.05, 4.69) is 0 Å². The molecule has 0 aromatic carbocycles. The Hall–Kier alpha value is -0.400. The first kappa shape index (κ1) is 16.5.